The molecule has 26 heavy (non-hydrogen) atoms. The van der Waals surface area contributed by atoms with Crippen LogP contribution in [0.25, 0.3) is 10.9 Å². The standard InChI is InChI=1S/C20H26N2O4/c1-13(2)25-9-5-8-21-19(23)12-26-20(24)17-11-15(4)22-18-7-6-14(3)10-16(17)18/h6-7,10-11,13H,5,8-9,12H2,1-4H3,(H,21,23). The number of benzene rings is 1. The molecular formula is C20H26N2O4. The zero-order valence-corrected chi connectivity index (χ0v) is 15.8. The Hall–Kier alpha value is -2.47. The minimum atomic E-state index is -0.524. The molecule has 0 aliphatic carbocycles. The molecule has 0 aliphatic rings. The van der Waals surface area contributed by atoms with E-state index in [4.69, 9.17) is 9.47 Å². The third-order valence-corrected chi connectivity index (χ3v) is 3.74. The number of pyridine rings is 1. The van der Waals surface area contributed by atoms with Gasteiger partial charge in [-0.1, -0.05) is 11.6 Å². The molecule has 6 heteroatoms. The number of carbonyl (C=O) groups excluding carboxylic acids is 2. The number of nitrogens with one attached hydrogen (secondary N) is 1. The van der Waals surface area contributed by atoms with Crippen LogP contribution in [0.1, 0.15) is 41.9 Å². The summed E-state index contributed by atoms with van der Waals surface area (Å²) in [5.74, 6) is -0.849. The molecule has 2 aromatic rings. The van der Waals surface area contributed by atoms with Crippen LogP contribution in [0, 0.1) is 13.8 Å². The summed E-state index contributed by atoms with van der Waals surface area (Å²) < 4.78 is 10.6. The van der Waals surface area contributed by atoms with Crippen LogP contribution in [0.5, 0.6) is 0 Å². The third kappa shape index (κ3) is 5.81. The average molecular weight is 358 g/mol. The lowest BCUT2D eigenvalue weighted by atomic mass is 10.1. The van der Waals surface area contributed by atoms with E-state index in [1.54, 1.807) is 6.07 Å². The van der Waals surface area contributed by atoms with E-state index < -0.39 is 5.97 Å². The van der Waals surface area contributed by atoms with E-state index in [1.807, 2.05) is 45.9 Å². The zero-order chi connectivity index (χ0) is 19.1. The maximum absolute atomic E-state index is 12.4. The average Bonchev–Trinajstić information content (AvgIpc) is 2.58. The molecule has 0 radical (unpaired) electrons. The van der Waals surface area contributed by atoms with Crippen molar-refractivity contribution < 1.29 is 19.1 Å². The van der Waals surface area contributed by atoms with Gasteiger partial charge in [0.15, 0.2) is 6.61 Å². The summed E-state index contributed by atoms with van der Waals surface area (Å²) in [6, 6.07) is 7.40. The Morgan fingerprint density at radius 3 is 2.69 bits per heavy atom. The molecule has 6 nitrogen and oxygen atoms in total. The van der Waals surface area contributed by atoms with Gasteiger partial charge in [0, 0.05) is 24.2 Å². The highest BCUT2D eigenvalue weighted by Crippen LogP contribution is 2.20. The van der Waals surface area contributed by atoms with Crippen LogP contribution in [0.2, 0.25) is 0 Å². The topological polar surface area (TPSA) is 77.5 Å². The van der Waals surface area contributed by atoms with E-state index in [9.17, 15) is 9.59 Å². The summed E-state index contributed by atoms with van der Waals surface area (Å²) in [5, 5.41) is 3.44. The molecule has 140 valence electrons. The third-order valence-electron chi connectivity index (χ3n) is 3.74. The molecule has 0 bridgehead atoms. The van der Waals surface area contributed by atoms with Gasteiger partial charge in [-0.15, -0.1) is 0 Å². The lowest BCUT2D eigenvalue weighted by Crippen LogP contribution is -2.30. The van der Waals surface area contributed by atoms with E-state index in [0.29, 0.717) is 25.1 Å². The van der Waals surface area contributed by atoms with E-state index in [2.05, 4.69) is 10.3 Å². The van der Waals surface area contributed by atoms with Gasteiger partial charge >= 0.3 is 5.97 Å². The van der Waals surface area contributed by atoms with Crippen molar-refractivity contribution in [3.05, 3.63) is 41.1 Å². The molecule has 0 aliphatic heterocycles. The second kappa shape index (κ2) is 9.29. The Morgan fingerprint density at radius 1 is 1.19 bits per heavy atom. The van der Waals surface area contributed by atoms with E-state index >= 15 is 0 Å². The van der Waals surface area contributed by atoms with Gasteiger partial charge in [-0.05, 0) is 52.3 Å². The zero-order valence-electron chi connectivity index (χ0n) is 15.8. The first-order chi connectivity index (χ1) is 12.4. The summed E-state index contributed by atoms with van der Waals surface area (Å²) in [6.45, 7) is 8.46. The van der Waals surface area contributed by atoms with Crippen LogP contribution in [-0.4, -0.2) is 42.7 Å². The maximum Gasteiger partial charge on any atom is 0.339 e. The first-order valence-electron chi connectivity index (χ1n) is 8.80. The van der Waals surface area contributed by atoms with Crippen molar-refractivity contribution in [2.24, 2.45) is 0 Å². The number of ether oxygens (including phenoxy) is 2. The Morgan fingerprint density at radius 2 is 1.96 bits per heavy atom. The second-order valence-corrected chi connectivity index (χ2v) is 6.53. The smallest absolute Gasteiger partial charge is 0.339 e. The Balaban J connectivity index is 1.91. The van der Waals surface area contributed by atoms with E-state index in [1.165, 1.54) is 0 Å². The van der Waals surface area contributed by atoms with Gasteiger partial charge in [0.1, 0.15) is 0 Å². The number of nitrogens with zero attached hydrogens (tertiary/aromatic N) is 1. The van der Waals surface area contributed by atoms with E-state index in [-0.39, 0.29) is 18.6 Å². The lowest BCUT2D eigenvalue weighted by molar-refractivity contribution is -0.124. The second-order valence-electron chi connectivity index (χ2n) is 6.53. The van der Waals surface area contributed by atoms with Crippen molar-refractivity contribution in [2.45, 2.75) is 40.2 Å². The largest absolute Gasteiger partial charge is 0.452 e. The fourth-order valence-electron chi connectivity index (χ4n) is 2.52. The van der Waals surface area contributed by atoms with Crippen molar-refractivity contribution >= 4 is 22.8 Å². The molecule has 1 aromatic carbocycles. The molecule has 1 amide bonds. The molecule has 1 N–H and O–H groups in total. The maximum atomic E-state index is 12.4. The van der Waals surface area contributed by atoms with Crippen LogP contribution in [0.4, 0.5) is 0 Å². The van der Waals surface area contributed by atoms with Crippen molar-refractivity contribution in [1.82, 2.24) is 10.3 Å². The van der Waals surface area contributed by atoms with E-state index in [0.717, 1.165) is 22.2 Å². The lowest BCUT2D eigenvalue weighted by Gasteiger charge is -2.10. The molecule has 0 atom stereocenters. The fourth-order valence-corrected chi connectivity index (χ4v) is 2.52. The van der Waals surface area contributed by atoms with Gasteiger partial charge in [-0.3, -0.25) is 9.78 Å². The number of amides is 1. The monoisotopic (exact) mass is 358 g/mol. The summed E-state index contributed by atoms with van der Waals surface area (Å²) in [4.78, 5) is 28.7. The van der Waals surface area contributed by atoms with Gasteiger partial charge in [0.25, 0.3) is 5.91 Å². The van der Waals surface area contributed by atoms with Gasteiger partial charge in [-0.2, -0.15) is 0 Å². The molecule has 0 spiro atoms. The number of aryl methyl sites for hydroxylation is 2. The summed E-state index contributed by atoms with van der Waals surface area (Å²) in [5.41, 5.74) is 2.91. The minimum Gasteiger partial charge on any atom is -0.452 e. The van der Waals surface area contributed by atoms with Gasteiger partial charge in [-0.25, -0.2) is 4.79 Å². The first-order valence-corrected chi connectivity index (χ1v) is 8.80. The minimum absolute atomic E-state index is 0.175. The molecule has 1 heterocycles. The molecule has 0 saturated heterocycles. The molecule has 0 fully saturated rings. The SMILES string of the molecule is Cc1ccc2nc(C)cc(C(=O)OCC(=O)NCCCOC(C)C)c2c1. The normalized spacial score (nSPS) is 11.0. The number of rotatable bonds is 8. The number of hydrogen-bond donors (Lipinski definition) is 1. The van der Waals surface area contributed by atoms with Crippen molar-refractivity contribution in [3.63, 3.8) is 0 Å². The summed E-state index contributed by atoms with van der Waals surface area (Å²) >= 11 is 0. The molecule has 1 aromatic heterocycles. The van der Waals surface area contributed by atoms with Crippen molar-refractivity contribution in [1.29, 1.82) is 0 Å². The number of fused-ring (bicyclic) bond motifs is 1. The van der Waals surface area contributed by atoms with Crippen LogP contribution >= 0.6 is 0 Å². The molecule has 0 unspecified atom stereocenters. The van der Waals surface area contributed by atoms with Gasteiger partial charge in [0.05, 0.1) is 17.2 Å². The van der Waals surface area contributed by atoms with Crippen molar-refractivity contribution in [3.8, 4) is 0 Å². The quantitative estimate of drug-likeness (QED) is 0.580. The van der Waals surface area contributed by atoms with Crippen molar-refractivity contribution in [2.75, 3.05) is 19.8 Å². The number of hydrogen-bond acceptors (Lipinski definition) is 5. The predicted molar refractivity (Wildman–Crippen MR) is 100 cm³/mol. The number of aromatic nitrogens is 1. The first kappa shape index (κ1) is 19.8. The van der Waals surface area contributed by atoms with Crippen LogP contribution < -0.4 is 5.32 Å². The van der Waals surface area contributed by atoms with Crippen LogP contribution in [0.3, 0.4) is 0 Å². The Labute approximate surface area is 153 Å². The fraction of sp³-hybridized carbons (Fsp3) is 0.450. The van der Waals surface area contributed by atoms with Crippen LogP contribution in [0.15, 0.2) is 24.3 Å². The van der Waals surface area contributed by atoms with Gasteiger partial charge in [0.2, 0.25) is 0 Å². The Bertz CT molecular complexity index is 787. The number of esters is 1. The van der Waals surface area contributed by atoms with Gasteiger partial charge < -0.3 is 14.8 Å². The number of carbonyl (C=O) groups is 2. The predicted octanol–water partition coefficient (Wildman–Crippen LogP) is 2.94. The Kier molecular flexibility index (Phi) is 7.09. The van der Waals surface area contributed by atoms with Crippen LogP contribution in [-0.2, 0) is 14.3 Å². The highest BCUT2D eigenvalue weighted by Gasteiger charge is 2.15. The highest BCUT2D eigenvalue weighted by atomic mass is 16.5. The molecule has 2 rings (SSSR count). The highest BCUT2D eigenvalue weighted by molar-refractivity contribution is 6.04. The molecular weight excluding hydrogens is 332 g/mol. The summed E-state index contributed by atoms with van der Waals surface area (Å²) in [7, 11) is 0. The summed E-state index contributed by atoms with van der Waals surface area (Å²) in [6.07, 6.45) is 0.889. The molecule has 0 saturated carbocycles.